The van der Waals surface area contributed by atoms with E-state index in [1.807, 2.05) is 0 Å². The zero-order valence-corrected chi connectivity index (χ0v) is 11.8. The minimum absolute atomic E-state index is 0.0501. The zero-order chi connectivity index (χ0) is 14.9. The van der Waals surface area contributed by atoms with Crippen molar-refractivity contribution >= 4 is 21.4 Å². The molecule has 5 nitrogen and oxygen atoms in total. The SMILES string of the molecule is Cc1cc(NS(=O)(=O)c2cc(N)c(F)cc2C)ccn1. The van der Waals surface area contributed by atoms with E-state index in [0.717, 1.165) is 12.1 Å². The number of hydrogen-bond acceptors (Lipinski definition) is 4. The third-order valence-electron chi connectivity index (χ3n) is 2.73. The zero-order valence-electron chi connectivity index (χ0n) is 11.0. The Kier molecular flexibility index (Phi) is 3.63. The van der Waals surface area contributed by atoms with Crippen molar-refractivity contribution in [2.24, 2.45) is 0 Å². The van der Waals surface area contributed by atoms with Gasteiger partial charge < -0.3 is 5.73 Å². The first-order valence-electron chi connectivity index (χ1n) is 5.81. The van der Waals surface area contributed by atoms with Crippen LogP contribution in [0.3, 0.4) is 0 Å². The number of anilines is 2. The number of pyridine rings is 1. The van der Waals surface area contributed by atoms with Crippen LogP contribution in [0.25, 0.3) is 0 Å². The molecule has 0 radical (unpaired) electrons. The molecule has 7 heteroatoms. The number of nitrogens with one attached hydrogen (secondary N) is 1. The van der Waals surface area contributed by atoms with Crippen LogP contribution >= 0.6 is 0 Å². The van der Waals surface area contributed by atoms with Crippen LogP contribution in [0, 0.1) is 19.7 Å². The Hall–Kier alpha value is -2.15. The molecule has 0 amide bonds. The van der Waals surface area contributed by atoms with Gasteiger partial charge in [0.2, 0.25) is 0 Å². The molecule has 0 atom stereocenters. The van der Waals surface area contributed by atoms with Gasteiger partial charge in [0.05, 0.1) is 16.3 Å². The third-order valence-corrected chi connectivity index (χ3v) is 4.26. The fourth-order valence-electron chi connectivity index (χ4n) is 1.78. The highest BCUT2D eigenvalue weighted by Gasteiger charge is 2.19. The third kappa shape index (κ3) is 2.88. The molecular formula is C13H14FN3O2S. The van der Waals surface area contributed by atoms with Crippen molar-refractivity contribution in [2.45, 2.75) is 18.7 Å². The highest BCUT2D eigenvalue weighted by atomic mass is 32.2. The highest BCUT2D eigenvalue weighted by Crippen LogP contribution is 2.23. The summed E-state index contributed by atoms with van der Waals surface area (Å²) < 4.78 is 40.3. The standard InChI is InChI=1S/C13H14FN3O2S/c1-8-5-11(14)12(15)7-13(8)20(18,19)17-10-3-4-16-9(2)6-10/h3-7H,15H2,1-2H3,(H,16,17). The van der Waals surface area contributed by atoms with Crippen molar-refractivity contribution in [1.82, 2.24) is 4.98 Å². The molecule has 0 saturated heterocycles. The summed E-state index contributed by atoms with van der Waals surface area (Å²) in [4.78, 5) is 3.93. The fraction of sp³-hybridized carbons (Fsp3) is 0.154. The van der Waals surface area contributed by atoms with Gasteiger partial charge >= 0.3 is 0 Å². The van der Waals surface area contributed by atoms with Gasteiger partial charge in [-0.15, -0.1) is 0 Å². The van der Waals surface area contributed by atoms with E-state index in [9.17, 15) is 12.8 Å². The first-order chi connectivity index (χ1) is 9.29. The number of nitrogen functional groups attached to an aromatic ring is 1. The summed E-state index contributed by atoms with van der Waals surface area (Å²) in [5, 5.41) is 0. The van der Waals surface area contributed by atoms with Gasteiger partial charge in [-0.3, -0.25) is 9.71 Å². The van der Waals surface area contributed by atoms with E-state index in [4.69, 9.17) is 5.73 Å². The normalized spacial score (nSPS) is 11.3. The summed E-state index contributed by atoms with van der Waals surface area (Å²) in [6.45, 7) is 3.26. The molecule has 2 rings (SSSR count). The second-order valence-electron chi connectivity index (χ2n) is 4.43. The lowest BCUT2D eigenvalue weighted by Crippen LogP contribution is -2.15. The molecule has 0 unspecified atom stereocenters. The molecule has 20 heavy (non-hydrogen) atoms. The number of aryl methyl sites for hydroxylation is 2. The van der Waals surface area contributed by atoms with Gasteiger partial charge in [0, 0.05) is 11.9 Å². The fourth-order valence-corrected chi connectivity index (χ4v) is 3.09. The summed E-state index contributed by atoms with van der Waals surface area (Å²) in [5.74, 6) is -0.638. The summed E-state index contributed by atoms with van der Waals surface area (Å²) in [7, 11) is -3.82. The van der Waals surface area contributed by atoms with E-state index in [-0.39, 0.29) is 16.1 Å². The summed E-state index contributed by atoms with van der Waals surface area (Å²) in [5.41, 5.74) is 6.58. The molecule has 106 valence electrons. The predicted octanol–water partition coefficient (Wildman–Crippen LogP) is 2.22. The highest BCUT2D eigenvalue weighted by molar-refractivity contribution is 7.92. The predicted molar refractivity (Wildman–Crippen MR) is 75.3 cm³/mol. The molecule has 0 bridgehead atoms. The molecule has 0 aliphatic rings. The first kappa shape index (κ1) is 14.3. The van der Waals surface area contributed by atoms with Gasteiger partial charge in [-0.2, -0.15) is 0 Å². The molecule has 0 fully saturated rings. The molecule has 0 aliphatic carbocycles. The molecule has 1 aromatic heterocycles. The second kappa shape index (κ2) is 5.09. The van der Waals surface area contributed by atoms with Gasteiger partial charge in [-0.1, -0.05) is 0 Å². The molecule has 0 saturated carbocycles. The van der Waals surface area contributed by atoms with Gasteiger partial charge in [0.25, 0.3) is 10.0 Å². The average molecular weight is 295 g/mol. The second-order valence-corrected chi connectivity index (χ2v) is 6.08. The van der Waals surface area contributed by atoms with Crippen LogP contribution in [0.15, 0.2) is 35.4 Å². The van der Waals surface area contributed by atoms with E-state index in [1.54, 1.807) is 13.0 Å². The van der Waals surface area contributed by atoms with Gasteiger partial charge in [0.1, 0.15) is 5.82 Å². The van der Waals surface area contributed by atoms with Crippen molar-refractivity contribution in [3.8, 4) is 0 Å². The van der Waals surface area contributed by atoms with Gasteiger partial charge in [0.15, 0.2) is 0 Å². The van der Waals surface area contributed by atoms with Gasteiger partial charge in [-0.25, -0.2) is 12.8 Å². The van der Waals surface area contributed by atoms with Crippen LogP contribution in [-0.4, -0.2) is 13.4 Å². The number of nitrogens with two attached hydrogens (primary N) is 1. The number of halogens is 1. The van der Waals surface area contributed by atoms with Crippen LogP contribution in [0.5, 0.6) is 0 Å². The lowest BCUT2D eigenvalue weighted by Gasteiger charge is -2.11. The molecular weight excluding hydrogens is 281 g/mol. The molecule has 1 heterocycles. The van der Waals surface area contributed by atoms with Gasteiger partial charge in [-0.05, 0) is 43.7 Å². The van der Waals surface area contributed by atoms with Crippen LogP contribution in [0.1, 0.15) is 11.3 Å². The maximum Gasteiger partial charge on any atom is 0.262 e. The van der Waals surface area contributed by atoms with Crippen LogP contribution in [-0.2, 0) is 10.0 Å². The number of aromatic nitrogens is 1. The van der Waals surface area contributed by atoms with E-state index in [1.165, 1.54) is 19.2 Å². The number of nitrogens with zero attached hydrogens (tertiary/aromatic N) is 1. The number of sulfonamides is 1. The van der Waals surface area contributed by atoms with E-state index >= 15 is 0 Å². The van der Waals surface area contributed by atoms with Crippen molar-refractivity contribution in [3.63, 3.8) is 0 Å². The lowest BCUT2D eigenvalue weighted by molar-refractivity contribution is 0.599. The Morgan fingerprint density at radius 1 is 1.25 bits per heavy atom. The molecule has 1 aromatic carbocycles. The van der Waals surface area contributed by atoms with Crippen molar-refractivity contribution in [3.05, 3.63) is 47.5 Å². The number of benzene rings is 1. The average Bonchev–Trinajstić information content (AvgIpc) is 2.33. The van der Waals surface area contributed by atoms with E-state index in [0.29, 0.717) is 11.4 Å². The van der Waals surface area contributed by atoms with Crippen LogP contribution < -0.4 is 10.5 Å². The number of rotatable bonds is 3. The maximum atomic E-state index is 13.3. The Morgan fingerprint density at radius 3 is 2.60 bits per heavy atom. The minimum atomic E-state index is -3.82. The Balaban J connectivity index is 2.43. The lowest BCUT2D eigenvalue weighted by atomic mass is 10.2. The van der Waals surface area contributed by atoms with Crippen LogP contribution in [0.4, 0.5) is 15.8 Å². The van der Waals surface area contributed by atoms with E-state index < -0.39 is 15.8 Å². The van der Waals surface area contributed by atoms with Crippen molar-refractivity contribution in [1.29, 1.82) is 0 Å². The Morgan fingerprint density at radius 2 is 1.95 bits per heavy atom. The Labute approximate surface area is 116 Å². The van der Waals surface area contributed by atoms with Crippen molar-refractivity contribution < 1.29 is 12.8 Å². The van der Waals surface area contributed by atoms with Crippen molar-refractivity contribution in [2.75, 3.05) is 10.5 Å². The smallest absolute Gasteiger partial charge is 0.262 e. The summed E-state index contributed by atoms with van der Waals surface area (Å²) >= 11 is 0. The largest absolute Gasteiger partial charge is 0.396 e. The molecule has 3 N–H and O–H groups in total. The molecule has 2 aromatic rings. The minimum Gasteiger partial charge on any atom is -0.396 e. The monoisotopic (exact) mass is 295 g/mol. The summed E-state index contributed by atoms with van der Waals surface area (Å²) in [6, 6.07) is 5.34. The maximum absolute atomic E-state index is 13.3. The number of hydrogen-bond donors (Lipinski definition) is 2. The Bertz CT molecular complexity index is 760. The molecule has 0 spiro atoms. The van der Waals surface area contributed by atoms with E-state index in [2.05, 4.69) is 9.71 Å². The van der Waals surface area contributed by atoms with Crippen LogP contribution in [0.2, 0.25) is 0 Å². The topological polar surface area (TPSA) is 85.1 Å². The first-order valence-corrected chi connectivity index (χ1v) is 7.29. The molecule has 0 aliphatic heterocycles. The quantitative estimate of drug-likeness (QED) is 0.850. The summed E-state index contributed by atoms with van der Waals surface area (Å²) in [6.07, 6.45) is 1.50.